The predicted molar refractivity (Wildman–Crippen MR) is 80.6 cm³/mol. The highest BCUT2D eigenvalue weighted by Crippen LogP contribution is 2.25. The van der Waals surface area contributed by atoms with Crippen LogP contribution in [0.15, 0.2) is 42.7 Å². The first-order valence-corrected chi connectivity index (χ1v) is 6.59. The first-order chi connectivity index (χ1) is 10.0. The third-order valence-electron chi connectivity index (χ3n) is 3.32. The van der Waals surface area contributed by atoms with Gasteiger partial charge in [-0.05, 0) is 43.2 Å². The molecule has 0 aliphatic carbocycles. The van der Waals surface area contributed by atoms with Crippen LogP contribution in [0.5, 0.6) is 0 Å². The van der Waals surface area contributed by atoms with Gasteiger partial charge >= 0.3 is 0 Å². The van der Waals surface area contributed by atoms with Crippen molar-refractivity contribution in [3.63, 3.8) is 0 Å². The average molecular weight is 282 g/mol. The number of nitrogens with zero attached hydrogens (tertiary/aromatic N) is 3. The molecule has 4 nitrogen and oxygen atoms in total. The molecule has 5 heteroatoms. The second-order valence-corrected chi connectivity index (χ2v) is 5.03. The first kappa shape index (κ1) is 13.3. The Morgan fingerprint density at radius 1 is 1.14 bits per heavy atom. The summed E-state index contributed by atoms with van der Waals surface area (Å²) in [5.41, 5.74) is 10.8. The summed E-state index contributed by atoms with van der Waals surface area (Å²) in [5, 5.41) is 4.49. The Labute approximate surface area is 122 Å². The Balaban J connectivity index is 2.09. The second-order valence-electron chi connectivity index (χ2n) is 5.03. The molecule has 0 aliphatic heterocycles. The van der Waals surface area contributed by atoms with Crippen molar-refractivity contribution in [3.8, 4) is 17.1 Å². The summed E-state index contributed by atoms with van der Waals surface area (Å²) in [6.07, 6.45) is 2.91. The largest absolute Gasteiger partial charge is 0.396 e. The Morgan fingerprint density at radius 2 is 1.95 bits per heavy atom. The van der Waals surface area contributed by atoms with E-state index in [2.05, 4.69) is 10.1 Å². The van der Waals surface area contributed by atoms with Gasteiger partial charge in [-0.2, -0.15) is 5.10 Å². The Morgan fingerprint density at radius 3 is 2.67 bits per heavy atom. The first-order valence-electron chi connectivity index (χ1n) is 6.59. The van der Waals surface area contributed by atoms with Crippen LogP contribution in [0, 0.1) is 19.7 Å². The Kier molecular flexibility index (Phi) is 3.17. The zero-order valence-corrected chi connectivity index (χ0v) is 11.8. The van der Waals surface area contributed by atoms with Gasteiger partial charge in [0.2, 0.25) is 0 Å². The van der Waals surface area contributed by atoms with Crippen molar-refractivity contribution in [1.82, 2.24) is 14.8 Å². The molecular weight excluding hydrogens is 267 g/mol. The van der Waals surface area contributed by atoms with Gasteiger partial charge in [0.25, 0.3) is 0 Å². The lowest BCUT2D eigenvalue weighted by molar-refractivity contribution is 0.621. The molecule has 3 aromatic rings. The lowest BCUT2D eigenvalue weighted by atomic mass is 10.1. The van der Waals surface area contributed by atoms with Crippen molar-refractivity contribution in [2.24, 2.45) is 0 Å². The summed E-state index contributed by atoms with van der Waals surface area (Å²) in [6, 6.07) is 9.05. The van der Waals surface area contributed by atoms with E-state index in [0.717, 1.165) is 23.0 Å². The van der Waals surface area contributed by atoms with E-state index in [-0.39, 0.29) is 5.82 Å². The van der Waals surface area contributed by atoms with Gasteiger partial charge in [0.05, 0.1) is 29.5 Å². The topological polar surface area (TPSA) is 56.7 Å². The summed E-state index contributed by atoms with van der Waals surface area (Å²) < 4.78 is 14.7. The van der Waals surface area contributed by atoms with Crippen molar-refractivity contribution in [2.45, 2.75) is 13.8 Å². The van der Waals surface area contributed by atoms with Crippen LogP contribution in [0.1, 0.15) is 11.1 Å². The van der Waals surface area contributed by atoms with E-state index in [4.69, 9.17) is 5.73 Å². The van der Waals surface area contributed by atoms with Crippen LogP contribution in [0.25, 0.3) is 17.1 Å². The number of aromatic nitrogens is 3. The summed E-state index contributed by atoms with van der Waals surface area (Å²) in [6.45, 7) is 4.04. The average Bonchev–Trinajstić information content (AvgIpc) is 2.84. The molecule has 1 aromatic carbocycles. The molecule has 2 aromatic heterocycles. The molecule has 0 amide bonds. The highest BCUT2D eigenvalue weighted by molar-refractivity contribution is 5.69. The number of rotatable bonds is 2. The van der Waals surface area contributed by atoms with Crippen molar-refractivity contribution < 1.29 is 4.39 Å². The van der Waals surface area contributed by atoms with E-state index in [0.29, 0.717) is 17.1 Å². The number of halogens is 1. The highest BCUT2D eigenvalue weighted by Gasteiger charge is 2.12. The molecule has 0 spiro atoms. The van der Waals surface area contributed by atoms with Crippen LogP contribution >= 0.6 is 0 Å². The smallest absolute Gasteiger partial charge is 0.141 e. The number of hydrogen-bond donors (Lipinski definition) is 1. The van der Waals surface area contributed by atoms with Gasteiger partial charge in [0, 0.05) is 0 Å². The van der Waals surface area contributed by atoms with E-state index < -0.39 is 0 Å². The van der Waals surface area contributed by atoms with Gasteiger partial charge in [0.1, 0.15) is 11.5 Å². The van der Waals surface area contributed by atoms with Crippen molar-refractivity contribution in [2.75, 3.05) is 5.73 Å². The van der Waals surface area contributed by atoms with Crippen LogP contribution in [0.4, 0.5) is 10.1 Å². The van der Waals surface area contributed by atoms with E-state index in [1.54, 1.807) is 16.9 Å². The number of benzene rings is 1. The molecule has 2 heterocycles. The molecule has 2 N–H and O–H groups in total. The molecule has 0 atom stereocenters. The minimum atomic E-state index is -0.383. The van der Waals surface area contributed by atoms with Crippen LogP contribution in [0.2, 0.25) is 0 Å². The number of pyridine rings is 1. The summed E-state index contributed by atoms with van der Waals surface area (Å²) in [5.74, 6) is -0.383. The zero-order valence-electron chi connectivity index (χ0n) is 11.8. The number of aryl methyl sites for hydroxylation is 2. The molecule has 0 saturated carbocycles. The monoisotopic (exact) mass is 282 g/mol. The third-order valence-corrected chi connectivity index (χ3v) is 3.32. The fourth-order valence-electron chi connectivity index (χ4n) is 2.19. The van der Waals surface area contributed by atoms with Crippen LogP contribution in [0.3, 0.4) is 0 Å². The Bertz CT molecular complexity index is 791. The lowest BCUT2D eigenvalue weighted by Gasteiger charge is -2.06. The zero-order chi connectivity index (χ0) is 15.0. The predicted octanol–water partition coefficient (Wildman–Crippen LogP) is 3.27. The molecule has 21 heavy (non-hydrogen) atoms. The van der Waals surface area contributed by atoms with Gasteiger partial charge in [-0.1, -0.05) is 12.1 Å². The van der Waals surface area contributed by atoms with E-state index in [9.17, 15) is 4.39 Å². The number of nitrogen functional groups attached to an aromatic ring is 1. The molecule has 106 valence electrons. The third kappa shape index (κ3) is 2.50. The molecule has 0 radical (unpaired) electrons. The van der Waals surface area contributed by atoms with Crippen LogP contribution in [-0.2, 0) is 0 Å². The molecule has 0 unspecified atom stereocenters. The molecule has 0 saturated heterocycles. The maximum absolute atomic E-state index is 13.0. The maximum atomic E-state index is 13.0. The van der Waals surface area contributed by atoms with E-state index in [1.165, 1.54) is 6.07 Å². The quantitative estimate of drug-likeness (QED) is 0.784. The van der Waals surface area contributed by atoms with Crippen LogP contribution in [-0.4, -0.2) is 14.8 Å². The number of anilines is 1. The molecule has 0 fully saturated rings. The molecule has 3 rings (SSSR count). The minimum Gasteiger partial charge on any atom is -0.396 e. The highest BCUT2D eigenvalue weighted by atomic mass is 19.1. The fourth-order valence-corrected chi connectivity index (χ4v) is 2.19. The maximum Gasteiger partial charge on any atom is 0.141 e. The fraction of sp³-hybridized carbons (Fsp3) is 0.125. The lowest BCUT2D eigenvalue weighted by Crippen LogP contribution is -1.98. The van der Waals surface area contributed by atoms with Crippen molar-refractivity contribution >= 4 is 5.69 Å². The Hall–Kier alpha value is -2.69. The van der Waals surface area contributed by atoms with Gasteiger partial charge in [-0.25, -0.2) is 9.07 Å². The van der Waals surface area contributed by atoms with E-state index >= 15 is 0 Å². The van der Waals surface area contributed by atoms with E-state index in [1.807, 2.05) is 32.0 Å². The minimum absolute atomic E-state index is 0.383. The second kappa shape index (κ2) is 5.01. The summed E-state index contributed by atoms with van der Waals surface area (Å²) in [4.78, 5) is 4.03. The number of hydrogen-bond acceptors (Lipinski definition) is 3. The molecule has 0 bridgehead atoms. The van der Waals surface area contributed by atoms with Gasteiger partial charge in [-0.3, -0.25) is 4.98 Å². The normalized spacial score (nSPS) is 10.8. The summed E-state index contributed by atoms with van der Waals surface area (Å²) in [7, 11) is 0. The SMILES string of the molecule is Cc1ccc(C)c(-n2cc(N)c(-c3ccc(F)cn3)n2)c1. The van der Waals surface area contributed by atoms with Crippen molar-refractivity contribution in [1.29, 1.82) is 0 Å². The van der Waals surface area contributed by atoms with Crippen LogP contribution < -0.4 is 5.73 Å². The molecule has 0 aliphatic rings. The van der Waals surface area contributed by atoms with Crippen molar-refractivity contribution in [3.05, 3.63) is 59.7 Å². The van der Waals surface area contributed by atoms with Gasteiger partial charge < -0.3 is 5.73 Å². The van der Waals surface area contributed by atoms with Gasteiger partial charge in [-0.15, -0.1) is 0 Å². The molecular formula is C16H15FN4. The standard InChI is InChI=1S/C16H15FN4/c1-10-3-4-11(2)15(7-10)21-9-13(18)16(20-21)14-6-5-12(17)8-19-14/h3-9H,18H2,1-2H3. The van der Waals surface area contributed by atoms with Gasteiger partial charge in [0.15, 0.2) is 0 Å². The number of nitrogens with two attached hydrogens (primary N) is 1. The summed E-state index contributed by atoms with van der Waals surface area (Å²) >= 11 is 0.